The van der Waals surface area contributed by atoms with Crippen LogP contribution in [0, 0.1) is 0 Å². The lowest BCUT2D eigenvalue weighted by Gasteiger charge is -2.35. The number of nitrogens with one attached hydrogen (secondary N) is 1. The maximum absolute atomic E-state index is 5.93. The Balaban J connectivity index is 2.05. The first-order valence-electron chi connectivity index (χ1n) is 6.93. The zero-order chi connectivity index (χ0) is 13.7. The quantitative estimate of drug-likeness (QED) is 0.811. The van der Waals surface area contributed by atoms with Crippen LogP contribution in [0.2, 0.25) is 0 Å². The molecule has 1 fully saturated rings. The van der Waals surface area contributed by atoms with Gasteiger partial charge in [-0.3, -0.25) is 0 Å². The highest BCUT2D eigenvalue weighted by atomic mass is 16.5. The average molecular weight is 264 g/mol. The molecule has 5 heteroatoms. The van der Waals surface area contributed by atoms with Gasteiger partial charge in [-0.2, -0.15) is 0 Å². The minimum atomic E-state index is 0.207. The van der Waals surface area contributed by atoms with Crippen LogP contribution in [-0.4, -0.2) is 55.3 Å². The van der Waals surface area contributed by atoms with Gasteiger partial charge in [-0.15, -0.1) is 0 Å². The van der Waals surface area contributed by atoms with Gasteiger partial charge in [-0.25, -0.2) is 4.98 Å². The molecule has 0 amide bonds. The van der Waals surface area contributed by atoms with E-state index in [9.17, 15) is 0 Å². The van der Waals surface area contributed by atoms with Gasteiger partial charge in [0.25, 0.3) is 0 Å². The zero-order valence-corrected chi connectivity index (χ0v) is 11.8. The van der Waals surface area contributed by atoms with Crippen LogP contribution in [0.1, 0.15) is 12.5 Å². The number of hydrogen-bond acceptors (Lipinski definition) is 5. The van der Waals surface area contributed by atoms with Crippen LogP contribution >= 0.6 is 0 Å². The fourth-order valence-corrected chi connectivity index (χ4v) is 2.51. The summed E-state index contributed by atoms with van der Waals surface area (Å²) >= 11 is 0. The summed E-state index contributed by atoms with van der Waals surface area (Å²) in [5.74, 6) is 0.620. The van der Waals surface area contributed by atoms with Crippen LogP contribution < -0.4 is 11.1 Å². The van der Waals surface area contributed by atoms with Gasteiger partial charge in [0.15, 0.2) is 0 Å². The summed E-state index contributed by atoms with van der Waals surface area (Å²) in [7, 11) is 2.14. The molecule has 1 aromatic rings. The molecule has 2 rings (SSSR count). The van der Waals surface area contributed by atoms with E-state index in [0.29, 0.717) is 5.82 Å². The van der Waals surface area contributed by atoms with Crippen molar-refractivity contribution in [1.82, 2.24) is 15.2 Å². The molecule has 0 bridgehead atoms. The molecule has 19 heavy (non-hydrogen) atoms. The molecular weight excluding hydrogens is 240 g/mol. The molecule has 2 atom stereocenters. The molecule has 1 aromatic heterocycles. The van der Waals surface area contributed by atoms with Crippen LogP contribution in [0.15, 0.2) is 18.3 Å². The third-order valence-electron chi connectivity index (χ3n) is 3.58. The molecule has 0 radical (unpaired) electrons. The predicted octanol–water partition coefficient (Wildman–Crippen LogP) is 0.515. The molecule has 1 aliphatic rings. The van der Waals surface area contributed by atoms with Crippen molar-refractivity contribution in [3.05, 3.63) is 23.9 Å². The van der Waals surface area contributed by atoms with Crippen molar-refractivity contribution in [1.29, 1.82) is 0 Å². The van der Waals surface area contributed by atoms with Crippen molar-refractivity contribution in [2.24, 2.45) is 0 Å². The number of nitrogens with zero attached hydrogens (tertiary/aromatic N) is 2. The fraction of sp³-hybridized carbons (Fsp3) is 0.643. The monoisotopic (exact) mass is 264 g/mol. The summed E-state index contributed by atoms with van der Waals surface area (Å²) in [6.07, 6.45) is 2.79. The van der Waals surface area contributed by atoms with Crippen molar-refractivity contribution in [3.63, 3.8) is 0 Å². The molecule has 2 unspecified atom stereocenters. The molecule has 106 valence electrons. The smallest absolute Gasteiger partial charge is 0.126 e. The fourth-order valence-electron chi connectivity index (χ4n) is 2.51. The molecule has 2 heterocycles. The molecule has 0 aromatic carbocycles. The molecule has 3 N–H and O–H groups in total. The summed E-state index contributed by atoms with van der Waals surface area (Å²) in [6.45, 7) is 5.80. The molecule has 0 spiro atoms. The first-order chi connectivity index (χ1) is 9.20. The lowest BCUT2D eigenvalue weighted by Crippen LogP contribution is -2.52. The number of morpholine rings is 1. The Hall–Kier alpha value is -1.17. The summed E-state index contributed by atoms with van der Waals surface area (Å²) in [6, 6.07) is 4.25. The normalized spacial score (nSPS) is 22.3. The first kappa shape index (κ1) is 14.2. The first-order valence-corrected chi connectivity index (χ1v) is 6.93. The second-order valence-corrected chi connectivity index (χ2v) is 5.09. The van der Waals surface area contributed by atoms with Gasteiger partial charge in [0, 0.05) is 25.3 Å². The van der Waals surface area contributed by atoms with Gasteiger partial charge in [-0.1, -0.05) is 13.0 Å². The third kappa shape index (κ3) is 3.89. The highest BCUT2D eigenvalue weighted by molar-refractivity contribution is 5.39. The van der Waals surface area contributed by atoms with Gasteiger partial charge < -0.3 is 20.7 Å². The van der Waals surface area contributed by atoms with E-state index < -0.39 is 0 Å². The lowest BCUT2D eigenvalue weighted by molar-refractivity contribution is -0.0381. The van der Waals surface area contributed by atoms with Gasteiger partial charge >= 0.3 is 0 Å². The third-order valence-corrected chi connectivity index (χ3v) is 3.58. The Labute approximate surface area is 115 Å². The topological polar surface area (TPSA) is 63.4 Å². The van der Waals surface area contributed by atoms with Gasteiger partial charge in [-0.05, 0) is 31.6 Å². The summed E-state index contributed by atoms with van der Waals surface area (Å²) in [4.78, 5) is 6.46. The Kier molecular flexibility index (Phi) is 5.13. The van der Waals surface area contributed by atoms with E-state index in [-0.39, 0.29) is 12.1 Å². The Bertz CT molecular complexity index is 399. The lowest BCUT2D eigenvalue weighted by atomic mass is 10.0. The molecular formula is C14H24N4O. The highest BCUT2D eigenvalue weighted by Gasteiger charge is 2.26. The predicted molar refractivity (Wildman–Crippen MR) is 77.1 cm³/mol. The van der Waals surface area contributed by atoms with E-state index in [1.807, 2.05) is 12.1 Å². The van der Waals surface area contributed by atoms with Crippen molar-refractivity contribution in [2.45, 2.75) is 25.5 Å². The summed E-state index contributed by atoms with van der Waals surface area (Å²) in [5.41, 5.74) is 7.02. The average Bonchev–Trinajstić information content (AvgIpc) is 2.40. The Morgan fingerprint density at radius 2 is 2.47 bits per heavy atom. The second-order valence-electron chi connectivity index (χ2n) is 5.09. The largest absolute Gasteiger partial charge is 0.383 e. The van der Waals surface area contributed by atoms with Crippen LogP contribution in [0.25, 0.3) is 0 Å². The van der Waals surface area contributed by atoms with Crippen LogP contribution in [0.3, 0.4) is 0 Å². The van der Waals surface area contributed by atoms with Gasteiger partial charge in [0.05, 0.1) is 12.7 Å². The Morgan fingerprint density at radius 3 is 3.16 bits per heavy atom. The summed E-state index contributed by atoms with van der Waals surface area (Å²) in [5, 5.41) is 3.51. The molecule has 1 saturated heterocycles. The maximum atomic E-state index is 5.93. The van der Waals surface area contributed by atoms with Crippen molar-refractivity contribution in [2.75, 3.05) is 39.0 Å². The van der Waals surface area contributed by atoms with E-state index in [1.165, 1.54) is 0 Å². The van der Waals surface area contributed by atoms with E-state index in [0.717, 1.165) is 38.2 Å². The second kappa shape index (κ2) is 6.84. The zero-order valence-electron chi connectivity index (χ0n) is 11.8. The minimum Gasteiger partial charge on any atom is -0.383 e. The molecule has 0 saturated carbocycles. The van der Waals surface area contributed by atoms with Gasteiger partial charge in [0.2, 0.25) is 0 Å². The number of likely N-dealkylation sites (N-methyl/N-ethyl adjacent to an activating group) is 2. The summed E-state index contributed by atoms with van der Waals surface area (Å²) < 4.78 is 5.91. The number of ether oxygens (including phenoxy) is 1. The van der Waals surface area contributed by atoms with E-state index >= 15 is 0 Å². The number of anilines is 1. The molecule has 0 aliphatic carbocycles. The van der Waals surface area contributed by atoms with Crippen LogP contribution in [-0.2, 0) is 11.2 Å². The molecule has 1 aliphatic heterocycles. The minimum absolute atomic E-state index is 0.207. The number of aromatic nitrogens is 1. The number of hydrogen-bond donors (Lipinski definition) is 2. The van der Waals surface area contributed by atoms with E-state index in [2.05, 4.69) is 29.2 Å². The van der Waals surface area contributed by atoms with Gasteiger partial charge in [0.1, 0.15) is 5.82 Å². The van der Waals surface area contributed by atoms with E-state index in [4.69, 9.17) is 10.5 Å². The number of nitrogens with two attached hydrogens (primary N) is 1. The van der Waals surface area contributed by atoms with Crippen molar-refractivity contribution >= 4 is 5.82 Å². The molecule has 5 nitrogen and oxygen atoms in total. The SMILES string of the molecule is CCNC(Cc1cccnc1N)C1CN(C)CCO1. The number of nitrogen functional groups attached to an aromatic ring is 1. The van der Waals surface area contributed by atoms with E-state index in [1.54, 1.807) is 6.20 Å². The van der Waals surface area contributed by atoms with Crippen LogP contribution in [0.4, 0.5) is 5.82 Å². The highest BCUT2D eigenvalue weighted by Crippen LogP contribution is 2.15. The van der Waals surface area contributed by atoms with Crippen molar-refractivity contribution < 1.29 is 4.74 Å². The standard InChI is InChI=1S/C14H24N4O/c1-3-16-12(13-10-18(2)7-8-19-13)9-11-5-4-6-17-14(11)15/h4-6,12-13,16H,3,7-10H2,1-2H3,(H2,15,17). The number of pyridine rings is 1. The number of rotatable bonds is 5. The van der Waals surface area contributed by atoms with Crippen molar-refractivity contribution in [3.8, 4) is 0 Å². The van der Waals surface area contributed by atoms with Crippen LogP contribution in [0.5, 0.6) is 0 Å². The maximum Gasteiger partial charge on any atom is 0.126 e. The Morgan fingerprint density at radius 1 is 1.63 bits per heavy atom.